The smallest absolute Gasteiger partial charge is 0.237 e. The second kappa shape index (κ2) is 5.43. The molecule has 72 valence electrons. The van der Waals surface area contributed by atoms with Crippen molar-refractivity contribution in [3.8, 4) is 0 Å². The van der Waals surface area contributed by atoms with E-state index in [2.05, 4.69) is 12.2 Å². The number of nitrogens with two attached hydrogens (primary N) is 1. The van der Waals surface area contributed by atoms with Crippen LogP contribution in [0.3, 0.4) is 0 Å². The molecule has 0 aliphatic heterocycles. The number of hydrogen-bond acceptors (Lipinski definition) is 3. The minimum Gasteiger partial charge on any atom is -0.368 e. The van der Waals surface area contributed by atoms with Crippen molar-refractivity contribution >= 4 is 17.7 Å². The molecule has 12 heavy (non-hydrogen) atoms. The van der Waals surface area contributed by atoms with Crippen molar-refractivity contribution in [2.24, 2.45) is 5.73 Å². The molecule has 0 saturated heterocycles. The van der Waals surface area contributed by atoms with Crippen LogP contribution in [0.15, 0.2) is 0 Å². The van der Waals surface area contributed by atoms with E-state index in [-0.39, 0.29) is 5.91 Å². The minimum atomic E-state index is -0.575. The SMILES string of the molecule is CCSCCNC(C)(C)C(N)=O. The van der Waals surface area contributed by atoms with Gasteiger partial charge in [-0.25, -0.2) is 0 Å². The van der Waals surface area contributed by atoms with E-state index >= 15 is 0 Å². The Kier molecular flexibility index (Phi) is 5.33. The van der Waals surface area contributed by atoms with Crippen molar-refractivity contribution in [1.29, 1.82) is 0 Å². The highest BCUT2D eigenvalue weighted by Gasteiger charge is 2.22. The minimum absolute atomic E-state index is 0.302. The molecule has 3 nitrogen and oxygen atoms in total. The zero-order chi connectivity index (χ0) is 9.61. The first kappa shape index (κ1) is 11.8. The third kappa shape index (κ3) is 4.62. The van der Waals surface area contributed by atoms with Crippen LogP contribution in [0.2, 0.25) is 0 Å². The molecule has 0 spiro atoms. The van der Waals surface area contributed by atoms with Gasteiger partial charge in [0.1, 0.15) is 0 Å². The van der Waals surface area contributed by atoms with Crippen molar-refractivity contribution in [2.45, 2.75) is 26.3 Å². The molecule has 0 aromatic carbocycles. The Morgan fingerprint density at radius 2 is 2.17 bits per heavy atom. The molecule has 1 amide bonds. The van der Waals surface area contributed by atoms with Crippen molar-refractivity contribution in [3.63, 3.8) is 0 Å². The van der Waals surface area contributed by atoms with Crippen LogP contribution in [0, 0.1) is 0 Å². The molecule has 0 rings (SSSR count). The van der Waals surface area contributed by atoms with E-state index in [1.54, 1.807) is 13.8 Å². The van der Waals surface area contributed by atoms with Crippen LogP contribution >= 0.6 is 11.8 Å². The van der Waals surface area contributed by atoms with Crippen LogP contribution < -0.4 is 11.1 Å². The molecule has 0 aliphatic carbocycles. The quantitative estimate of drug-likeness (QED) is 0.603. The Hall–Kier alpha value is -0.220. The highest BCUT2D eigenvalue weighted by atomic mass is 32.2. The summed E-state index contributed by atoms with van der Waals surface area (Å²) in [5.41, 5.74) is 4.60. The average Bonchev–Trinajstić information content (AvgIpc) is 1.98. The fourth-order valence-corrected chi connectivity index (χ4v) is 1.20. The standard InChI is InChI=1S/C8H18N2OS/c1-4-12-6-5-10-8(2,3)7(9)11/h10H,4-6H2,1-3H3,(H2,9,11). The predicted octanol–water partition coefficient (Wildman–Crippen LogP) is 0.593. The maximum Gasteiger partial charge on any atom is 0.237 e. The molecule has 0 atom stereocenters. The molecule has 0 aromatic rings. The monoisotopic (exact) mass is 190 g/mol. The normalized spacial score (nSPS) is 11.6. The van der Waals surface area contributed by atoms with Gasteiger partial charge in [-0.05, 0) is 19.6 Å². The summed E-state index contributed by atoms with van der Waals surface area (Å²) >= 11 is 1.85. The predicted molar refractivity (Wildman–Crippen MR) is 54.3 cm³/mol. The van der Waals surface area contributed by atoms with Gasteiger partial charge in [-0.3, -0.25) is 4.79 Å². The molecule has 0 aromatic heterocycles. The number of hydrogen-bond donors (Lipinski definition) is 2. The molecule has 0 aliphatic rings. The Balaban J connectivity index is 3.54. The first-order chi connectivity index (χ1) is 5.50. The highest BCUT2D eigenvalue weighted by Crippen LogP contribution is 2.01. The summed E-state index contributed by atoms with van der Waals surface area (Å²) in [4.78, 5) is 10.8. The fourth-order valence-electron chi connectivity index (χ4n) is 0.667. The highest BCUT2D eigenvalue weighted by molar-refractivity contribution is 7.99. The van der Waals surface area contributed by atoms with Gasteiger partial charge in [0.15, 0.2) is 0 Å². The summed E-state index contributed by atoms with van der Waals surface area (Å²) in [7, 11) is 0. The van der Waals surface area contributed by atoms with Gasteiger partial charge in [-0.15, -0.1) is 0 Å². The second-order valence-electron chi connectivity index (χ2n) is 3.11. The molecule has 4 heteroatoms. The van der Waals surface area contributed by atoms with Crippen LogP contribution in [0.25, 0.3) is 0 Å². The molecule has 0 fully saturated rings. The number of thioether (sulfide) groups is 1. The van der Waals surface area contributed by atoms with Gasteiger partial charge < -0.3 is 11.1 Å². The summed E-state index contributed by atoms with van der Waals surface area (Å²) < 4.78 is 0. The topological polar surface area (TPSA) is 55.1 Å². The molecule has 0 unspecified atom stereocenters. The Labute approximate surface area is 78.5 Å². The first-order valence-corrected chi connectivity index (χ1v) is 5.29. The van der Waals surface area contributed by atoms with Crippen LogP contribution in [0.4, 0.5) is 0 Å². The van der Waals surface area contributed by atoms with E-state index in [0.29, 0.717) is 0 Å². The molecule has 0 saturated carbocycles. The van der Waals surface area contributed by atoms with Gasteiger partial charge in [0.2, 0.25) is 5.91 Å². The number of amides is 1. The Morgan fingerprint density at radius 3 is 2.58 bits per heavy atom. The first-order valence-electron chi connectivity index (χ1n) is 4.13. The van der Waals surface area contributed by atoms with Gasteiger partial charge in [0.05, 0.1) is 5.54 Å². The number of nitrogens with one attached hydrogen (secondary N) is 1. The second-order valence-corrected chi connectivity index (χ2v) is 4.51. The molecule has 0 radical (unpaired) electrons. The van der Waals surface area contributed by atoms with E-state index < -0.39 is 5.54 Å². The average molecular weight is 190 g/mol. The summed E-state index contributed by atoms with van der Waals surface area (Å²) in [6.07, 6.45) is 0. The third-order valence-corrected chi connectivity index (χ3v) is 2.53. The summed E-state index contributed by atoms with van der Waals surface area (Å²) in [6.45, 7) is 6.54. The maximum atomic E-state index is 10.8. The van der Waals surface area contributed by atoms with E-state index in [1.807, 2.05) is 11.8 Å². The van der Waals surface area contributed by atoms with Crippen molar-refractivity contribution in [3.05, 3.63) is 0 Å². The number of carbonyl (C=O) groups is 1. The molecular weight excluding hydrogens is 172 g/mol. The van der Waals surface area contributed by atoms with Crippen LogP contribution in [-0.2, 0) is 4.79 Å². The zero-order valence-corrected chi connectivity index (χ0v) is 8.83. The molecule has 0 heterocycles. The van der Waals surface area contributed by atoms with Crippen molar-refractivity contribution in [2.75, 3.05) is 18.1 Å². The number of carbonyl (C=O) groups excluding carboxylic acids is 1. The lowest BCUT2D eigenvalue weighted by Crippen LogP contribution is -2.51. The van der Waals surface area contributed by atoms with Crippen molar-refractivity contribution < 1.29 is 4.79 Å². The molecule has 0 bridgehead atoms. The fraction of sp³-hybridized carbons (Fsp3) is 0.875. The van der Waals surface area contributed by atoms with Gasteiger partial charge in [0.25, 0.3) is 0 Å². The Morgan fingerprint density at radius 1 is 1.58 bits per heavy atom. The summed E-state index contributed by atoms with van der Waals surface area (Å²) in [5.74, 6) is 1.83. The third-order valence-electron chi connectivity index (χ3n) is 1.63. The van der Waals surface area contributed by atoms with Gasteiger partial charge in [0, 0.05) is 12.3 Å². The summed E-state index contributed by atoms with van der Waals surface area (Å²) in [6, 6.07) is 0. The summed E-state index contributed by atoms with van der Waals surface area (Å²) in [5, 5.41) is 3.10. The van der Waals surface area contributed by atoms with E-state index in [1.165, 1.54) is 0 Å². The molecule has 3 N–H and O–H groups in total. The van der Waals surface area contributed by atoms with Gasteiger partial charge in [-0.2, -0.15) is 11.8 Å². The van der Waals surface area contributed by atoms with Crippen molar-refractivity contribution in [1.82, 2.24) is 5.32 Å². The largest absolute Gasteiger partial charge is 0.368 e. The lowest BCUT2D eigenvalue weighted by molar-refractivity contribution is -0.123. The van der Waals surface area contributed by atoms with Gasteiger partial charge in [-0.1, -0.05) is 6.92 Å². The van der Waals surface area contributed by atoms with Crippen LogP contribution in [-0.4, -0.2) is 29.5 Å². The van der Waals surface area contributed by atoms with Crippen LogP contribution in [0.1, 0.15) is 20.8 Å². The number of primary amides is 1. The Bertz CT molecular complexity index is 148. The molecular formula is C8H18N2OS. The maximum absolute atomic E-state index is 10.8. The van der Waals surface area contributed by atoms with Crippen LogP contribution in [0.5, 0.6) is 0 Å². The lowest BCUT2D eigenvalue weighted by atomic mass is 10.1. The number of rotatable bonds is 6. The lowest BCUT2D eigenvalue weighted by Gasteiger charge is -2.21. The van der Waals surface area contributed by atoms with E-state index in [9.17, 15) is 4.79 Å². The van der Waals surface area contributed by atoms with E-state index in [4.69, 9.17) is 5.73 Å². The zero-order valence-electron chi connectivity index (χ0n) is 8.02. The van der Waals surface area contributed by atoms with E-state index in [0.717, 1.165) is 18.1 Å². The van der Waals surface area contributed by atoms with Gasteiger partial charge >= 0.3 is 0 Å².